The number of benzene rings is 1. The molecular weight excluding hydrogens is 266 g/mol. The molecule has 1 nitrogen and oxygen atoms in total. The van der Waals surface area contributed by atoms with Crippen molar-refractivity contribution in [3.05, 3.63) is 42.0 Å². The molecule has 1 heterocycles. The van der Waals surface area contributed by atoms with Crippen LogP contribution in [-0.4, -0.2) is 13.1 Å². The van der Waals surface area contributed by atoms with Crippen LogP contribution in [0.4, 0.5) is 5.69 Å². The summed E-state index contributed by atoms with van der Waals surface area (Å²) >= 11 is 0. The first-order chi connectivity index (χ1) is 10.7. The van der Waals surface area contributed by atoms with Gasteiger partial charge < -0.3 is 4.90 Å². The van der Waals surface area contributed by atoms with E-state index in [4.69, 9.17) is 0 Å². The van der Waals surface area contributed by atoms with Gasteiger partial charge in [-0.15, -0.1) is 0 Å². The second-order valence-corrected chi connectivity index (χ2v) is 7.00. The maximum Gasteiger partial charge on any atom is 0.0369 e. The number of hydrogen-bond donors (Lipinski definition) is 0. The maximum atomic E-state index is 4.50. The number of rotatable bonds is 7. The Balaban J connectivity index is 2.14. The summed E-state index contributed by atoms with van der Waals surface area (Å²) in [7, 11) is 0. The molecule has 122 valence electrons. The Kier molecular flexibility index (Phi) is 6.54. The van der Waals surface area contributed by atoms with Gasteiger partial charge in [0.2, 0.25) is 0 Å². The zero-order valence-electron chi connectivity index (χ0n) is 14.8. The lowest BCUT2D eigenvalue weighted by Crippen LogP contribution is -2.42. The standard InChI is InChI=1S/C21H33N/c1-5-7-11-19-15-22(21-13-9-10-17(3)14-21)16-20(18(19)4)12-8-6-2/h9-10,13-14,19-20H,4-8,11-12,15-16H2,1-3H3. The molecule has 0 amide bonds. The molecular formula is C21H33N. The third kappa shape index (κ3) is 4.38. The molecule has 1 aromatic rings. The Labute approximate surface area is 137 Å². The zero-order chi connectivity index (χ0) is 15.9. The van der Waals surface area contributed by atoms with Crippen molar-refractivity contribution in [3.8, 4) is 0 Å². The molecule has 1 heteroatoms. The van der Waals surface area contributed by atoms with E-state index in [9.17, 15) is 0 Å². The summed E-state index contributed by atoms with van der Waals surface area (Å²) in [6.07, 6.45) is 7.83. The van der Waals surface area contributed by atoms with Crippen LogP contribution in [0.15, 0.2) is 36.4 Å². The summed E-state index contributed by atoms with van der Waals surface area (Å²) in [6.45, 7) is 13.6. The number of hydrogen-bond acceptors (Lipinski definition) is 1. The van der Waals surface area contributed by atoms with Gasteiger partial charge in [0.1, 0.15) is 0 Å². The summed E-state index contributed by atoms with van der Waals surface area (Å²) in [4.78, 5) is 2.61. The van der Waals surface area contributed by atoms with Gasteiger partial charge in [-0.1, -0.05) is 63.8 Å². The Morgan fingerprint density at radius 2 is 1.64 bits per heavy atom. The number of aryl methyl sites for hydroxylation is 1. The molecule has 0 radical (unpaired) electrons. The third-order valence-electron chi connectivity index (χ3n) is 5.11. The van der Waals surface area contributed by atoms with Crippen LogP contribution >= 0.6 is 0 Å². The summed E-state index contributed by atoms with van der Waals surface area (Å²) < 4.78 is 0. The smallest absolute Gasteiger partial charge is 0.0369 e. The van der Waals surface area contributed by atoms with Crippen LogP contribution in [0.1, 0.15) is 57.9 Å². The van der Waals surface area contributed by atoms with Crippen molar-refractivity contribution >= 4 is 5.69 Å². The average molecular weight is 300 g/mol. The van der Waals surface area contributed by atoms with Crippen molar-refractivity contribution in [2.45, 2.75) is 59.3 Å². The fourth-order valence-electron chi connectivity index (χ4n) is 3.66. The Hall–Kier alpha value is -1.24. The molecule has 22 heavy (non-hydrogen) atoms. The second-order valence-electron chi connectivity index (χ2n) is 7.00. The molecule has 0 aromatic heterocycles. The van der Waals surface area contributed by atoms with Gasteiger partial charge in [-0.3, -0.25) is 0 Å². The van der Waals surface area contributed by atoms with Crippen molar-refractivity contribution in [1.29, 1.82) is 0 Å². The summed E-state index contributed by atoms with van der Waals surface area (Å²) in [6, 6.07) is 8.99. The van der Waals surface area contributed by atoms with Gasteiger partial charge in [-0.05, 0) is 49.3 Å². The van der Waals surface area contributed by atoms with Crippen LogP contribution in [0.3, 0.4) is 0 Å². The lowest BCUT2D eigenvalue weighted by molar-refractivity contribution is 0.381. The fraction of sp³-hybridized carbons (Fsp3) is 0.619. The summed E-state index contributed by atoms with van der Waals surface area (Å²) in [5.74, 6) is 1.35. The van der Waals surface area contributed by atoms with E-state index < -0.39 is 0 Å². The molecule has 0 aliphatic carbocycles. The molecule has 0 bridgehead atoms. The van der Waals surface area contributed by atoms with Crippen LogP contribution in [0, 0.1) is 18.8 Å². The first-order valence-corrected chi connectivity index (χ1v) is 9.16. The van der Waals surface area contributed by atoms with Crippen LogP contribution in [0.25, 0.3) is 0 Å². The van der Waals surface area contributed by atoms with Crippen LogP contribution < -0.4 is 4.90 Å². The lowest BCUT2D eigenvalue weighted by Gasteiger charge is -2.41. The van der Waals surface area contributed by atoms with E-state index >= 15 is 0 Å². The van der Waals surface area contributed by atoms with Crippen molar-refractivity contribution in [2.24, 2.45) is 11.8 Å². The predicted octanol–water partition coefficient (Wildman–Crippen LogP) is 5.98. The molecule has 1 aliphatic heterocycles. The van der Waals surface area contributed by atoms with E-state index in [0.717, 1.165) is 13.1 Å². The minimum Gasteiger partial charge on any atom is -0.370 e. The molecule has 0 saturated carbocycles. The number of anilines is 1. The first-order valence-electron chi connectivity index (χ1n) is 9.16. The number of nitrogens with zero attached hydrogens (tertiary/aromatic N) is 1. The molecule has 0 spiro atoms. The van der Waals surface area contributed by atoms with E-state index in [0.29, 0.717) is 11.8 Å². The van der Waals surface area contributed by atoms with E-state index in [1.807, 2.05) is 0 Å². The minimum atomic E-state index is 0.677. The van der Waals surface area contributed by atoms with Gasteiger partial charge in [0.05, 0.1) is 0 Å². The molecule has 1 aromatic carbocycles. The predicted molar refractivity (Wildman–Crippen MR) is 98.6 cm³/mol. The number of piperidine rings is 1. The molecule has 1 aliphatic rings. The Morgan fingerprint density at radius 3 is 2.14 bits per heavy atom. The van der Waals surface area contributed by atoms with Gasteiger partial charge in [-0.25, -0.2) is 0 Å². The van der Waals surface area contributed by atoms with Gasteiger partial charge in [0.25, 0.3) is 0 Å². The van der Waals surface area contributed by atoms with E-state index in [1.54, 1.807) is 0 Å². The monoisotopic (exact) mass is 299 g/mol. The van der Waals surface area contributed by atoms with Crippen molar-refractivity contribution in [3.63, 3.8) is 0 Å². The van der Waals surface area contributed by atoms with Gasteiger partial charge in [-0.2, -0.15) is 0 Å². The first kappa shape index (κ1) is 17.1. The van der Waals surface area contributed by atoms with Gasteiger partial charge in [0.15, 0.2) is 0 Å². The van der Waals surface area contributed by atoms with E-state index in [1.165, 1.54) is 55.3 Å². The van der Waals surface area contributed by atoms with Crippen molar-refractivity contribution in [1.82, 2.24) is 0 Å². The van der Waals surface area contributed by atoms with Crippen LogP contribution in [-0.2, 0) is 0 Å². The molecule has 2 rings (SSSR count). The van der Waals surface area contributed by atoms with Gasteiger partial charge >= 0.3 is 0 Å². The normalized spacial score (nSPS) is 22.1. The maximum absolute atomic E-state index is 4.50. The Morgan fingerprint density at radius 1 is 1.05 bits per heavy atom. The quantitative estimate of drug-likeness (QED) is 0.559. The van der Waals surface area contributed by atoms with Gasteiger partial charge in [0, 0.05) is 18.8 Å². The second kappa shape index (κ2) is 8.41. The zero-order valence-corrected chi connectivity index (χ0v) is 14.8. The highest BCUT2D eigenvalue weighted by atomic mass is 15.1. The van der Waals surface area contributed by atoms with Crippen LogP contribution in [0.2, 0.25) is 0 Å². The van der Waals surface area contributed by atoms with E-state index in [-0.39, 0.29) is 0 Å². The molecule has 1 fully saturated rings. The van der Waals surface area contributed by atoms with Crippen molar-refractivity contribution in [2.75, 3.05) is 18.0 Å². The minimum absolute atomic E-state index is 0.677. The average Bonchev–Trinajstić information content (AvgIpc) is 2.52. The summed E-state index contributed by atoms with van der Waals surface area (Å²) in [5, 5.41) is 0. The lowest BCUT2D eigenvalue weighted by atomic mass is 9.79. The largest absolute Gasteiger partial charge is 0.370 e. The van der Waals surface area contributed by atoms with Crippen LogP contribution in [0.5, 0.6) is 0 Å². The fourth-order valence-corrected chi connectivity index (χ4v) is 3.66. The highest BCUT2D eigenvalue weighted by Crippen LogP contribution is 2.35. The topological polar surface area (TPSA) is 3.24 Å². The molecule has 2 unspecified atom stereocenters. The SMILES string of the molecule is C=C1C(CCCC)CN(c2cccc(C)c2)CC1CCCC. The molecule has 1 saturated heterocycles. The highest BCUT2D eigenvalue weighted by molar-refractivity contribution is 5.50. The summed E-state index contributed by atoms with van der Waals surface area (Å²) in [5.41, 5.74) is 4.29. The molecule has 0 N–H and O–H groups in total. The Bertz CT molecular complexity index is 457. The number of unbranched alkanes of at least 4 members (excludes halogenated alkanes) is 2. The molecule has 2 atom stereocenters. The third-order valence-corrected chi connectivity index (χ3v) is 5.11. The van der Waals surface area contributed by atoms with Crippen molar-refractivity contribution < 1.29 is 0 Å². The highest BCUT2D eigenvalue weighted by Gasteiger charge is 2.30. The van der Waals surface area contributed by atoms with E-state index in [2.05, 4.69) is 56.5 Å².